The number of rotatable bonds is 6. The van der Waals surface area contributed by atoms with Crippen molar-refractivity contribution in [3.8, 4) is 33.1 Å². The Morgan fingerprint density at radius 3 is 2.77 bits per heavy atom. The van der Waals surface area contributed by atoms with Gasteiger partial charge in [0.2, 0.25) is 0 Å². The van der Waals surface area contributed by atoms with Crippen molar-refractivity contribution in [2.75, 3.05) is 13.1 Å². The number of nitrogens with zero attached hydrogens (tertiary/aromatic N) is 3. The van der Waals surface area contributed by atoms with Crippen LogP contribution in [0.2, 0.25) is 0 Å². The number of allylic oxidation sites excluding steroid dienone is 1. The largest absolute Gasteiger partial charge is 0.353 e. The molecule has 3 N–H and O–H groups in total. The third-order valence-corrected chi connectivity index (χ3v) is 8.97. The van der Waals surface area contributed by atoms with E-state index in [0.717, 1.165) is 64.3 Å². The van der Waals surface area contributed by atoms with E-state index in [-0.39, 0.29) is 0 Å². The topological polar surface area (TPSA) is 82.3 Å². The molecule has 1 fully saturated rings. The first-order chi connectivity index (χ1) is 19.1. The highest BCUT2D eigenvalue weighted by Crippen LogP contribution is 2.38. The van der Waals surface area contributed by atoms with Gasteiger partial charge in [-0.15, -0.1) is 11.3 Å². The number of hydrogen-bond donors (Lipinski definition) is 3. The van der Waals surface area contributed by atoms with Crippen LogP contribution in [0.3, 0.4) is 0 Å². The summed E-state index contributed by atoms with van der Waals surface area (Å²) >= 11 is 1.77. The van der Waals surface area contributed by atoms with Crippen LogP contribution in [-0.4, -0.2) is 38.2 Å². The molecule has 0 unspecified atom stereocenters. The first-order valence-electron chi connectivity index (χ1n) is 13.5. The molecule has 39 heavy (non-hydrogen) atoms. The molecular formula is C32H30N6S. The van der Waals surface area contributed by atoms with Gasteiger partial charge in [0, 0.05) is 44.2 Å². The van der Waals surface area contributed by atoms with Gasteiger partial charge in [0.25, 0.3) is 0 Å². The highest BCUT2D eigenvalue weighted by Gasteiger charge is 2.17. The van der Waals surface area contributed by atoms with E-state index in [9.17, 15) is 0 Å². The second kappa shape index (κ2) is 9.91. The Bertz CT molecular complexity index is 1820. The van der Waals surface area contributed by atoms with Crippen molar-refractivity contribution in [1.29, 1.82) is 0 Å². The summed E-state index contributed by atoms with van der Waals surface area (Å²) in [4.78, 5) is 15.7. The van der Waals surface area contributed by atoms with Gasteiger partial charge in [-0.05, 0) is 98.8 Å². The number of fused-ring (bicyclic) bond motifs is 2. The number of nitrogens with one attached hydrogen (secondary N) is 3. The van der Waals surface area contributed by atoms with E-state index in [2.05, 4.69) is 93.6 Å². The van der Waals surface area contributed by atoms with Crippen LogP contribution in [0.15, 0.2) is 73.6 Å². The van der Waals surface area contributed by atoms with Crippen LogP contribution in [0.1, 0.15) is 30.2 Å². The molecule has 1 aromatic carbocycles. The summed E-state index contributed by atoms with van der Waals surface area (Å²) in [6.45, 7) is 8.37. The molecule has 6 heterocycles. The second-order valence-corrected chi connectivity index (χ2v) is 11.6. The molecule has 1 saturated heterocycles. The van der Waals surface area contributed by atoms with Gasteiger partial charge < -0.3 is 10.3 Å². The van der Waals surface area contributed by atoms with Crippen molar-refractivity contribution in [3.63, 3.8) is 0 Å². The lowest BCUT2D eigenvalue weighted by molar-refractivity contribution is 0.372. The molecule has 0 spiro atoms. The molecule has 7 rings (SSSR count). The fourth-order valence-electron chi connectivity index (χ4n) is 5.62. The molecule has 194 valence electrons. The standard InChI is InChI=1S/C32H30N6S/c1-19(2)29-8-9-30(39-29)23-4-3-5-26-24(23)16-28(35-26)32-31-27(37-38-32)7-6-25(36-31)22-15-21(17-34-18-22)14-20-10-12-33-13-11-20/h3-9,15-18,20,33,35H,1,10-14H2,2H3,(H,37,38). The molecule has 1 aliphatic heterocycles. The summed E-state index contributed by atoms with van der Waals surface area (Å²) in [5.41, 5.74) is 10.1. The summed E-state index contributed by atoms with van der Waals surface area (Å²) in [6.07, 6.45) is 7.43. The second-order valence-electron chi connectivity index (χ2n) is 10.5. The lowest BCUT2D eigenvalue weighted by Gasteiger charge is -2.22. The minimum Gasteiger partial charge on any atom is -0.353 e. The lowest BCUT2D eigenvalue weighted by atomic mass is 9.91. The van der Waals surface area contributed by atoms with Crippen LogP contribution in [0, 0.1) is 5.92 Å². The minimum absolute atomic E-state index is 0.715. The van der Waals surface area contributed by atoms with Gasteiger partial charge in [0.05, 0.1) is 16.9 Å². The number of thiophene rings is 1. The molecule has 5 aromatic heterocycles. The summed E-state index contributed by atoms with van der Waals surface area (Å²) < 4.78 is 0. The minimum atomic E-state index is 0.715. The highest BCUT2D eigenvalue weighted by atomic mass is 32.1. The number of aromatic amines is 2. The molecule has 0 bridgehead atoms. The molecule has 7 heteroatoms. The number of piperidine rings is 1. The summed E-state index contributed by atoms with van der Waals surface area (Å²) in [5.74, 6) is 0.715. The molecule has 0 saturated carbocycles. The SMILES string of the molecule is C=C(C)c1ccc(-c2cccc3[nH]c(-c4n[nH]c5ccc(-c6cncc(CC7CCNCC7)c6)nc45)cc23)s1. The Morgan fingerprint density at radius 1 is 1.03 bits per heavy atom. The zero-order valence-electron chi connectivity index (χ0n) is 21.9. The number of benzene rings is 1. The van der Waals surface area contributed by atoms with Crippen LogP contribution in [-0.2, 0) is 6.42 Å². The van der Waals surface area contributed by atoms with Gasteiger partial charge >= 0.3 is 0 Å². The normalized spacial score (nSPS) is 14.4. The van der Waals surface area contributed by atoms with Crippen LogP contribution in [0.4, 0.5) is 0 Å². The Morgan fingerprint density at radius 2 is 1.92 bits per heavy atom. The van der Waals surface area contributed by atoms with Gasteiger partial charge in [-0.3, -0.25) is 10.1 Å². The molecule has 0 amide bonds. The van der Waals surface area contributed by atoms with Crippen LogP contribution < -0.4 is 5.32 Å². The average molecular weight is 531 g/mol. The van der Waals surface area contributed by atoms with Crippen molar-refractivity contribution in [2.24, 2.45) is 5.92 Å². The molecule has 6 aromatic rings. The Hall–Kier alpha value is -4.07. The van der Waals surface area contributed by atoms with Crippen LogP contribution in [0.5, 0.6) is 0 Å². The zero-order chi connectivity index (χ0) is 26.3. The molecular weight excluding hydrogens is 500 g/mol. The maximum absolute atomic E-state index is 5.07. The quantitative estimate of drug-likeness (QED) is 0.209. The van der Waals surface area contributed by atoms with E-state index in [0.29, 0.717) is 5.92 Å². The Balaban J connectivity index is 1.25. The summed E-state index contributed by atoms with van der Waals surface area (Å²) in [7, 11) is 0. The van der Waals surface area contributed by atoms with Gasteiger partial charge in [0.15, 0.2) is 0 Å². The third-order valence-electron chi connectivity index (χ3n) is 7.69. The van der Waals surface area contributed by atoms with Crippen LogP contribution >= 0.6 is 11.3 Å². The first-order valence-corrected chi connectivity index (χ1v) is 14.3. The Kier molecular flexibility index (Phi) is 6.10. The van der Waals surface area contributed by atoms with Crippen molar-refractivity contribution >= 4 is 38.8 Å². The predicted octanol–water partition coefficient (Wildman–Crippen LogP) is 7.47. The number of hydrogen-bond acceptors (Lipinski definition) is 5. The van der Waals surface area contributed by atoms with Crippen molar-refractivity contribution in [2.45, 2.75) is 26.2 Å². The van der Waals surface area contributed by atoms with Crippen molar-refractivity contribution in [3.05, 3.63) is 84.0 Å². The summed E-state index contributed by atoms with van der Waals surface area (Å²) in [5, 5.41) is 12.5. The average Bonchev–Trinajstić information content (AvgIpc) is 3.71. The number of pyridine rings is 2. The maximum Gasteiger partial charge on any atom is 0.135 e. The summed E-state index contributed by atoms with van der Waals surface area (Å²) in [6, 6.07) is 19.3. The van der Waals surface area contributed by atoms with Gasteiger partial charge in [-0.1, -0.05) is 18.7 Å². The first kappa shape index (κ1) is 24.0. The van der Waals surface area contributed by atoms with E-state index in [4.69, 9.17) is 4.98 Å². The van der Waals surface area contributed by atoms with Crippen molar-refractivity contribution in [1.82, 2.24) is 30.5 Å². The fraction of sp³-hybridized carbons (Fsp3) is 0.219. The predicted molar refractivity (Wildman–Crippen MR) is 162 cm³/mol. The van der Waals surface area contributed by atoms with Crippen molar-refractivity contribution < 1.29 is 0 Å². The molecule has 0 aliphatic carbocycles. The molecule has 6 nitrogen and oxygen atoms in total. The monoisotopic (exact) mass is 530 g/mol. The van der Waals surface area contributed by atoms with E-state index >= 15 is 0 Å². The van der Waals surface area contributed by atoms with E-state index < -0.39 is 0 Å². The van der Waals surface area contributed by atoms with E-state index in [1.807, 2.05) is 12.4 Å². The fourth-order valence-corrected chi connectivity index (χ4v) is 6.59. The molecule has 1 aliphatic rings. The van der Waals surface area contributed by atoms with E-state index in [1.165, 1.54) is 39.1 Å². The van der Waals surface area contributed by atoms with Gasteiger partial charge in [0.1, 0.15) is 11.2 Å². The van der Waals surface area contributed by atoms with Crippen LogP contribution in [0.25, 0.3) is 60.6 Å². The van der Waals surface area contributed by atoms with Gasteiger partial charge in [-0.25, -0.2) is 4.98 Å². The number of aromatic nitrogens is 5. The lowest BCUT2D eigenvalue weighted by Crippen LogP contribution is -2.28. The van der Waals surface area contributed by atoms with E-state index in [1.54, 1.807) is 11.3 Å². The van der Waals surface area contributed by atoms with Gasteiger partial charge in [-0.2, -0.15) is 5.10 Å². The molecule has 0 atom stereocenters. The zero-order valence-corrected chi connectivity index (χ0v) is 22.7. The molecule has 0 radical (unpaired) electrons. The smallest absolute Gasteiger partial charge is 0.135 e. The number of H-pyrrole nitrogens is 2. The third kappa shape index (κ3) is 4.58. The Labute approximate surface area is 231 Å². The highest BCUT2D eigenvalue weighted by molar-refractivity contribution is 7.16. The maximum atomic E-state index is 5.07.